The van der Waals surface area contributed by atoms with Gasteiger partial charge in [0.2, 0.25) is 0 Å². The molecule has 3 rings (SSSR count). The molecular weight excluding hydrogens is 365 g/mol. The number of hydrogen-bond donors (Lipinski definition) is 2. The minimum atomic E-state index is -0.566. The van der Waals surface area contributed by atoms with Crippen molar-refractivity contribution in [2.24, 2.45) is 5.73 Å². The Morgan fingerprint density at radius 1 is 1.25 bits per heavy atom. The van der Waals surface area contributed by atoms with Crippen LogP contribution in [0.4, 0.5) is 9.18 Å². The minimum absolute atomic E-state index is 0.154. The highest BCUT2D eigenvalue weighted by molar-refractivity contribution is 6.01. The lowest BCUT2D eigenvalue weighted by molar-refractivity contribution is 0.0916. The van der Waals surface area contributed by atoms with Gasteiger partial charge in [-0.2, -0.15) is 5.10 Å². The molecule has 1 aliphatic heterocycles. The van der Waals surface area contributed by atoms with Gasteiger partial charge >= 0.3 is 6.03 Å². The van der Waals surface area contributed by atoms with E-state index in [1.54, 1.807) is 10.7 Å². The Balaban J connectivity index is 2.16. The Kier molecular flexibility index (Phi) is 5.01. The van der Waals surface area contributed by atoms with Crippen molar-refractivity contribution in [3.63, 3.8) is 0 Å². The predicted octanol–water partition coefficient (Wildman–Crippen LogP) is 2.12. The molecule has 8 nitrogen and oxygen atoms in total. The molecule has 0 radical (unpaired) electrons. The number of halogens is 1. The lowest BCUT2D eigenvalue weighted by atomic mass is 10.0. The molecule has 1 aromatic heterocycles. The number of nitrogens with one attached hydrogen (secondary N) is 1. The molecule has 3 N–H and O–H groups in total. The van der Waals surface area contributed by atoms with Crippen molar-refractivity contribution >= 4 is 11.9 Å². The van der Waals surface area contributed by atoms with Crippen molar-refractivity contribution < 1.29 is 18.7 Å². The molecule has 9 heteroatoms. The Hall–Kier alpha value is -3.10. The molecule has 0 bridgehead atoms. The first kappa shape index (κ1) is 19.7. The first-order chi connectivity index (χ1) is 13.1. The van der Waals surface area contributed by atoms with Gasteiger partial charge in [0.15, 0.2) is 0 Å². The summed E-state index contributed by atoms with van der Waals surface area (Å²) in [5.41, 5.74) is 6.55. The van der Waals surface area contributed by atoms with E-state index < -0.39 is 17.4 Å². The van der Waals surface area contributed by atoms with Crippen molar-refractivity contribution in [3.05, 3.63) is 35.3 Å². The second-order valence-electron chi connectivity index (χ2n) is 7.74. The van der Waals surface area contributed by atoms with Gasteiger partial charge in [0, 0.05) is 23.7 Å². The number of carbonyl (C=O) groups is 2. The maximum absolute atomic E-state index is 14.1. The lowest BCUT2D eigenvalue weighted by Crippen LogP contribution is -2.44. The number of primary amides is 1. The zero-order chi connectivity index (χ0) is 20.6. The molecule has 1 aliphatic rings. The highest BCUT2D eigenvalue weighted by atomic mass is 19.1. The van der Waals surface area contributed by atoms with Crippen LogP contribution in [0.5, 0.6) is 5.75 Å². The average molecular weight is 389 g/mol. The summed E-state index contributed by atoms with van der Waals surface area (Å²) < 4.78 is 20.9. The van der Waals surface area contributed by atoms with Gasteiger partial charge in [-0.1, -0.05) is 0 Å². The number of hydrogen-bond acceptors (Lipinski definition) is 4. The van der Waals surface area contributed by atoms with Crippen LogP contribution in [-0.2, 0) is 13.1 Å². The normalized spacial score (nSPS) is 13.8. The number of aromatic nitrogens is 2. The van der Waals surface area contributed by atoms with Crippen LogP contribution >= 0.6 is 0 Å². The number of rotatable bonds is 3. The summed E-state index contributed by atoms with van der Waals surface area (Å²) in [4.78, 5) is 26.2. The van der Waals surface area contributed by atoms with Gasteiger partial charge < -0.3 is 20.7 Å². The van der Waals surface area contributed by atoms with Gasteiger partial charge in [-0.25, -0.2) is 9.18 Å². The molecule has 0 aliphatic carbocycles. The van der Waals surface area contributed by atoms with E-state index in [-0.39, 0.29) is 12.5 Å². The maximum Gasteiger partial charge on any atom is 0.315 e. The zero-order valence-electron chi connectivity index (χ0n) is 16.4. The first-order valence-electron chi connectivity index (χ1n) is 8.90. The van der Waals surface area contributed by atoms with E-state index in [2.05, 4.69) is 10.4 Å². The maximum atomic E-state index is 14.1. The summed E-state index contributed by atoms with van der Waals surface area (Å²) in [6.45, 7) is 6.52. The lowest BCUT2D eigenvalue weighted by Gasteiger charge is -2.27. The summed E-state index contributed by atoms with van der Waals surface area (Å²) >= 11 is 0. The highest BCUT2D eigenvalue weighted by Gasteiger charge is 2.31. The fourth-order valence-electron chi connectivity index (χ4n) is 3.17. The monoisotopic (exact) mass is 389 g/mol. The van der Waals surface area contributed by atoms with E-state index in [1.807, 2.05) is 20.8 Å². The summed E-state index contributed by atoms with van der Waals surface area (Å²) in [6.07, 6.45) is 0. The summed E-state index contributed by atoms with van der Waals surface area (Å²) in [7, 11) is 1.44. The zero-order valence-corrected chi connectivity index (χ0v) is 16.4. The predicted molar refractivity (Wildman–Crippen MR) is 101 cm³/mol. The van der Waals surface area contributed by atoms with Crippen molar-refractivity contribution in [2.45, 2.75) is 39.4 Å². The number of urea groups is 1. The molecule has 0 saturated heterocycles. The number of methoxy groups -OCH3 is 1. The molecule has 28 heavy (non-hydrogen) atoms. The van der Waals surface area contributed by atoms with E-state index in [0.717, 1.165) is 0 Å². The third-order valence-corrected chi connectivity index (χ3v) is 4.39. The fraction of sp³-hybridized carbons (Fsp3) is 0.421. The Bertz CT molecular complexity index is 932. The second kappa shape index (κ2) is 7.14. The van der Waals surface area contributed by atoms with E-state index in [9.17, 15) is 14.0 Å². The van der Waals surface area contributed by atoms with Crippen LogP contribution in [0.2, 0.25) is 0 Å². The molecule has 0 spiro atoms. The average Bonchev–Trinajstić information content (AvgIpc) is 2.98. The molecule has 0 saturated carbocycles. The van der Waals surface area contributed by atoms with Gasteiger partial charge in [-0.3, -0.25) is 9.48 Å². The third-order valence-electron chi connectivity index (χ3n) is 4.39. The Morgan fingerprint density at radius 2 is 1.96 bits per heavy atom. The van der Waals surface area contributed by atoms with E-state index in [4.69, 9.17) is 10.5 Å². The van der Waals surface area contributed by atoms with Crippen LogP contribution < -0.4 is 15.8 Å². The molecule has 0 unspecified atom stereocenters. The van der Waals surface area contributed by atoms with Crippen LogP contribution in [0.1, 0.15) is 36.8 Å². The van der Waals surface area contributed by atoms with Crippen LogP contribution in [0.15, 0.2) is 18.2 Å². The number of carbonyl (C=O) groups excluding carboxylic acids is 2. The number of ether oxygens (including phenoxy) is 1. The molecule has 2 aromatic rings. The van der Waals surface area contributed by atoms with Gasteiger partial charge in [0.1, 0.15) is 17.3 Å². The Labute approximate surface area is 162 Å². The number of amides is 3. The quantitative estimate of drug-likeness (QED) is 0.839. The van der Waals surface area contributed by atoms with Gasteiger partial charge in [-0.15, -0.1) is 0 Å². The van der Waals surface area contributed by atoms with Gasteiger partial charge in [0.05, 0.1) is 31.5 Å². The van der Waals surface area contributed by atoms with E-state index in [0.29, 0.717) is 41.4 Å². The van der Waals surface area contributed by atoms with Gasteiger partial charge in [0.25, 0.3) is 5.91 Å². The highest BCUT2D eigenvalue weighted by Crippen LogP contribution is 2.31. The van der Waals surface area contributed by atoms with Crippen molar-refractivity contribution in [1.29, 1.82) is 0 Å². The molecule has 150 valence electrons. The summed E-state index contributed by atoms with van der Waals surface area (Å²) in [5, 5.41) is 7.45. The summed E-state index contributed by atoms with van der Waals surface area (Å²) in [6, 6.07) is 3.61. The van der Waals surface area contributed by atoms with Crippen molar-refractivity contribution in [2.75, 3.05) is 13.7 Å². The fourth-order valence-corrected chi connectivity index (χ4v) is 3.17. The van der Waals surface area contributed by atoms with E-state index >= 15 is 0 Å². The van der Waals surface area contributed by atoms with Crippen molar-refractivity contribution in [1.82, 2.24) is 20.0 Å². The van der Waals surface area contributed by atoms with E-state index in [1.165, 1.54) is 24.1 Å². The smallest absolute Gasteiger partial charge is 0.315 e. The molecule has 1 aromatic carbocycles. The third kappa shape index (κ3) is 3.92. The molecular formula is C19H24FN5O3. The van der Waals surface area contributed by atoms with Crippen LogP contribution in [0.25, 0.3) is 11.3 Å². The molecule has 2 heterocycles. The van der Waals surface area contributed by atoms with Crippen LogP contribution in [-0.4, -0.2) is 45.8 Å². The Morgan fingerprint density at radius 3 is 2.57 bits per heavy atom. The van der Waals surface area contributed by atoms with Gasteiger partial charge in [-0.05, 0) is 32.9 Å². The van der Waals surface area contributed by atoms with Crippen molar-refractivity contribution in [3.8, 4) is 17.0 Å². The SMILES string of the molecule is COc1cc(F)cc(-c2nn3c(c2C(=O)NC(C)(C)C)CN(C(N)=O)CC3)c1. The number of nitrogens with two attached hydrogens (primary N) is 1. The standard InChI is InChI=1S/C19H24FN5O3/c1-19(2,3)22-17(26)15-14-10-24(18(21)27)5-6-25(14)23-16(15)11-7-12(20)9-13(8-11)28-4/h7-9H,5-6,10H2,1-4H3,(H2,21,27)(H,22,26). The van der Waals surface area contributed by atoms with Crippen LogP contribution in [0.3, 0.4) is 0 Å². The largest absolute Gasteiger partial charge is 0.497 e. The van der Waals surface area contributed by atoms with Crippen LogP contribution in [0, 0.1) is 5.82 Å². The topological polar surface area (TPSA) is 102 Å². The molecule has 0 fully saturated rings. The number of nitrogens with zero attached hydrogens (tertiary/aromatic N) is 3. The number of benzene rings is 1. The summed E-state index contributed by atoms with van der Waals surface area (Å²) in [5.74, 6) is -0.526. The first-order valence-corrected chi connectivity index (χ1v) is 8.90. The second-order valence-corrected chi connectivity index (χ2v) is 7.74. The minimum Gasteiger partial charge on any atom is -0.497 e. The molecule has 0 atom stereocenters. The molecule has 3 amide bonds. The number of fused-ring (bicyclic) bond motifs is 1.